The number of nitrogens with zero attached hydrogens (tertiary/aromatic N) is 2. The summed E-state index contributed by atoms with van der Waals surface area (Å²) in [6, 6.07) is 4.29. The molecule has 0 amide bonds. The molecule has 1 heterocycles. The van der Waals surface area contributed by atoms with E-state index < -0.39 is 0 Å². The Kier molecular flexibility index (Phi) is 6.13. The van der Waals surface area contributed by atoms with Crippen LogP contribution in [0.4, 0.5) is 0 Å². The molecule has 0 aliphatic heterocycles. The Bertz CT molecular complexity index is 428. The van der Waals surface area contributed by atoms with Crippen LogP contribution in [-0.2, 0) is 6.54 Å². The molecule has 0 spiro atoms. The molecule has 1 aromatic heterocycles. The summed E-state index contributed by atoms with van der Waals surface area (Å²) in [4.78, 5) is 6.96. The first-order chi connectivity index (χ1) is 9.56. The van der Waals surface area contributed by atoms with Crippen LogP contribution in [0.3, 0.4) is 0 Å². The number of hydrogen-bond acceptors (Lipinski definition) is 2. The second-order valence-electron chi connectivity index (χ2n) is 6.15. The van der Waals surface area contributed by atoms with Crippen molar-refractivity contribution in [3.63, 3.8) is 0 Å². The van der Waals surface area contributed by atoms with Crippen LogP contribution in [0.2, 0.25) is 10.2 Å². The number of hydrogen-bond donors (Lipinski definition) is 0. The summed E-state index contributed by atoms with van der Waals surface area (Å²) in [7, 11) is 0. The molecule has 0 atom stereocenters. The minimum Gasteiger partial charge on any atom is -0.295 e. The molecule has 0 N–H and O–H groups in total. The van der Waals surface area contributed by atoms with Gasteiger partial charge in [-0.25, -0.2) is 4.98 Å². The van der Waals surface area contributed by atoms with Crippen molar-refractivity contribution in [3.05, 3.63) is 28.0 Å². The van der Waals surface area contributed by atoms with E-state index in [2.05, 4.69) is 23.7 Å². The summed E-state index contributed by atoms with van der Waals surface area (Å²) < 4.78 is 0. The topological polar surface area (TPSA) is 16.1 Å². The van der Waals surface area contributed by atoms with Crippen LogP contribution >= 0.6 is 23.2 Å². The highest BCUT2D eigenvalue weighted by Gasteiger charge is 2.23. The third-order valence-corrected chi connectivity index (χ3v) is 4.63. The second kappa shape index (κ2) is 7.63. The third-order valence-electron chi connectivity index (χ3n) is 4.07. The van der Waals surface area contributed by atoms with E-state index in [0.717, 1.165) is 29.7 Å². The normalized spacial score (nSPS) is 16.5. The molecular formula is C16H24Cl2N2. The SMILES string of the molecule is CC(C)CCN(Cc1nc(Cl)ccc1Cl)C1CCCC1. The van der Waals surface area contributed by atoms with Gasteiger partial charge in [-0.05, 0) is 43.9 Å². The Balaban J connectivity index is 2.07. The fourth-order valence-electron chi connectivity index (χ4n) is 2.85. The minimum absolute atomic E-state index is 0.527. The molecule has 0 saturated heterocycles. The molecular weight excluding hydrogens is 291 g/mol. The van der Waals surface area contributed by atoms with Crippen molar-refractivity contribution in [1.29, 1.82) is 0 Å². The fourth-order valence-corrected chi connectivity index (χ4v) is 3.18. The van der Waals surface area contributed by atoms with Crippen LogP contribution in [0.5, 0.6) is 0 Å². The highest BCUT2D eigenvalue weighted by atomic mass is 35.5. The van der Waals surface area contributed by atoms with Crippen molar-refractivity contribution in [2.75, 3.05) is 6.54 Å². The van der Waals surface area contributed by atoms with Gasteiger partial charge in [0, 0.05) is 12.6 Å². The molecule has 1 fully saturated rings. The van der Waals surface area contributed by atoms with E-state index in [1.807, 2.05) is 6.07 Å². The van der Waals surface area contributed by atoms with Crippen LogP contribution in [0.25, 0.3) is 0 Å². The average Bonchev–Trinajstić information content (AvgIpc) is 2.92. The van der Waals surface area contributed by atoms with Crippen molar-refractivity contribution in [1.82, 2.24) is 9.88 Å². The molecule has 0 unspecified atom stereocenters. The minimum atomic E-state index is 0.527. The van der Waals surface area contributed by atoms with Gasteiger partial charge in [-0.3, -0.25) is 4.90 Å². The van der Waals surface area contributed by atoms with Crippen LogP contribution in [-0.4, -0.2) is 22.5 Å². The summed E-state index contributed by atoms with van der Waals surface area (Å²) >= 11 is 12.3. The lowest BCUT2D eigenvalue weighted by atomic mass is 10.1. The molecule has 4 heteroatoms. The molecule has 0 radical (unpaired) electrons. The summed E-state index contributed by atoms with van der Waals surface area (Å²) in [6.45, 7) is 6.48. The molecule has 1 saturated carbocycles. The molecule has 2 rings (SSSR count). The summed E-state index contributed by atoms with van der Waals surface area (Å²) in [5.74, 6) is 0.724. The van der Waals surface area contributed by atoms with Gasteiger partial charge >= 0.3 is 0 Å². The third kappa shape index (κ3) is 4.61. The number of pyridine rings is 1. The van der Waals surface area contributed by atoms with E-state index in [-0.39, 0.29) is 0 Å². The molecule has 112 valence electrons. The van der Waals surface area contributed by atoms with E-state index >= 15 is 0 Å². The standard InChI is InChI=1S/C16H24Cl2N2/c1-12(2)9-10-20(13-5-3-4-6-13)11-15-14(17)7-8-16(18)19-15/h7-8,12-13H,3-6,9-11H2,1-2H3. The van der Waals surface area contributed by atoms with Gasteiger partial charge in [-0.1, -0.05) is 49.9 Å². The number of halogens is 2. The monoisotopic (exact) mass is 314 g/mol. The Hall–Kier alpha value is -0.310. The maximum atomic E-state index is 6.26. The van der Waals surface area contributed by atoms with Gasteiger partial charge in [0.05, 0.1) is 10.7 Å². The van der Waals surface area contributed by atoms with Crippen LogP contribution in [0, 0.1) is 5.92 Å². The van der Waals surface area contributed by atoms with E-state index in [1.165, 1.54) is 32.1 Å². The van der Waals surface area contributed by atoms with Gasteiger partial charge in [0.25, 0.3) is 0 Å². The highest BCUT2D eigenvalue weighted by molar-refractivity contribution is 6.32. The fraction of sp³-hybridized carbons (Fsp3) is 0.688. The Morgan fingerprint density at radius 2 is 1.95 bits per heavy atom. The first-order valence-electron chi connectivity index (χ1n) is 7.61. The largest absolute Gasteiger partial charge is 0.295 e. The first-order valence-corrected chi connectivity index (χ1v) is 8.37. The quantitative estimate of drug-likeness (QED) is 0.673. The zero-order chi connectivity index (χ0) is 14.5. The molecule has 1 aromatic rings. The zero-order valence-electron chi connectivity index (χ0n) is 12.4. The van der Waals surface area contributed by atoms with E-state index in [9.17, 15) is 0 Å². The van der Waals surface area contributed by atoms with Crippen LogP contribution in [0.1, 0.15) is 51.6 Å². The maximum Gasteiger partial charge on any atom is 0.129 e. The molecule has 20 heavy (non-hydrogen) atoms. The lowest BCUT2D eigenvalue weighted by Crippen LogP contribution is -2.34. The lowest BCUT2D eigenvalue weighted by Gasteiger charge is -2.29. The summed E-state index contributed by atoms with van der Waals surface area (Å²) in [5.41, 5.74) is 0.912. The van der Waals surface area contributed by atoms with E-state index in [1.54, 1.807) is 6.07 Å². The Morgan fingerprint density at radius 1 is 1.25 bits per heavy atom. The maximum absolute atomic E-state index is 6.26. The molecule has 1 aliphatic rings. The van der Waals surface area contributed by atoms with E-state index in [4.69, 9.17) is 23.2 Å². The predicted octanol–water partition coefficient (Wildman–Crippen LogP) is 5.18. The van der Waals surface area contributed by atoms with Gasteiger partial charge in [-0.2, -0.15) is 0 Å². The molecule has 0 bridgehead atoms. The summed E-state index contributed by atoms with van der Waals surface area (Å²) in [5, 5.41) is 1.25. The predicted molar refractivity (Wildman–Crippen MR) is 86.4 cm³/mol. The van der Waals surface area contributed by atoms with Crippen LogP contribution < -0.4 is 0 Å². The Morgan fingerprint density at radius 3 is 2.60 bits per heavy atom. The van der Waals surface area contributed by atoms with Crippen molar-refractivity contribution < 1.29 is 0 Å². The van der Waals surface area contributed by atoms with Crippen molar-refractivity contribution >= 4 is 23.2 Å². The highest BCUT2D eigenvalue weighted by Crippen LogP contribution is 2.27. The van der Waals surface area contributed by atoms with Crippen molar-refractivity contribution in [3.8, 4) is 0 Å². The van der Waals surface area contributed by atoms with E-state index in [0.29, 0.717) is 11.2 Å². The zero-order valence-corrected chi connectivity index (χ0v) is 13.9. The lowest BCUT2D eigenvalue weighted by molar-refractivity contribution is 0.177. The summed E-state index contributed by atoms with van der Waals surface area (Å²) in [6.07, 6.45) is 6.51. The van der Waals surface area contributed by atoms with Gasteiger partial charge in [0.2, 0.25) is 0 Å². The smallest absolute Gasteiger partial charge is 0.129 e. The number of aromatic nitrogens is 1. The van der Waals surface area contributed by atoms with Gasteiger partial charge in [-0.15, -0.1) is 0 Å². The number of rotatable bonds is 6. The van der Waals surface area contributed by atoms with Gasteiger partial charge in [0.1, 0.15) is 5.15 Å². The molecule has 1 aliphatic carbocycles. The molecule has 2 nitrogen and oxygen atoms in total. The molecule has 0 aromatic carbocycles. The van der Waals surface area contributed by atoms with Gasteiger partial charge in [0.15, 0.2) is 0 Å². The van der Waals surface area contributed by atoms with Crippen LogP contribution in [0.15, 0.2) is 12.1 Å². The second-order valence-corrected chi connectivity index (χ2v) is 6.95. The van der Waals surface area contributed by atoms with Crippen molar-refractivity contribution in [2.45, 2.75) is 58.5 Å². The van der Waals surface area contributed by atoms with Crippen molar-refractivity contribution in [2.24, 2.45) is 5.92 Å². The first kappa shape index (κ1) is 16.1. The average molecular weight is 315 g/mol. The Labute approximate surface area is 132 Å². The van der Waals surface area contributed by atoms with Gasteiger partial charge < -0.3 is 0 Å².